The summed E-state index contributed by atoms with van der Waals surface area (Å²) in [4.78, 5) is 22.9. The second kappa shape index (κ2) is 10.5. The Morgan fingerprint density at radius 1 is 1.00 bits per heavy atom. The third-order valence-corrected chi connectivity index (χ3v) is 3.59. The van der Waals surface area contributed by atoms with Crippen LogP contribution in [0, 0.1) is 0 Å². The van der Waals surface area contributed by atoms with Crippen LogP contribution in [-0.2, 0) is 14.3 Å². The fourth-order valence-electron chi connectivity index (χ4n) is 1.73. The zero-order chi connectivity index (χ0) is 16.4. The minimum absolute atomic E-state index is 0.180. The topological polar surface area (TPSA) is 52.6 Å². The molecule has 0 spiro atoms. The van der Waals surface area contributed by atoms with Crippen molar-refractivity contribution in [2.75, 3.05) is 6.61 Å². The zero-order valence-electron chi connectivity index (χ0n) is 12.6. The number of benzene rings is 1. The minimum atomic E-state index is -0.327. The van der Waals surface area contributed by atoms with Gasteiger partial charge in [-0.25, -0.2) is 0 Å². The molecule has 122 valence electrons. The van der Waals surface area contributed by atoms with Gasteiger partial charge in [-0.05, 0) is 31.4 Å². The summed E-state index contributed by atoms with van der Waals surface area (Å²) in [5, 5.41) is 0.758. The van der Waals surface area contributed by atoms with Gasteiger partial charge in [0.25, 0.3) is 0 Å². The molecule has 1 aromatic carbocycles. The molecule has 4 nitrogen and oxygen atoms in total. The molecule has 1 rings (SSSR count). The Morgan fingerprint density at radius 2 is 1.68 bits per heavy atom. The summed E-state index contributed by atoms with van der Waals surface area (Å²) in [5.41, 5.74) is 0. The molecule has 0 saturated carbocycles. The summed E-state index contributed by atoms with van der Waals surface area (Å²) in [5.74, 6) is -0.130. The van der Waals surface area contributed by atoms with Crippen molar-refractivity contribution < 1.29 is 19.1 Å². The first-order chi connectivity index (χ1) is 10.5. The molecule has 6 heteroatoms. The molecule has 22 heavy (non-hydrogen) atoms. The molecule has 0 bridgehead atoms. The molecule has 0 radical (unpaired) electrons. The summed E-state index contributed by atoms with van der Waals surface area (Å²) < 4.78 is 10.1. The summed E-state index contributed by atoms with van der Waals surface area (Å²) in [7, 11) is 0. The lowest BCUT2D eigenvalue weighted by atomic mass is 10.1. The molecule has 0 fully saturated rings. The molecule has 0 aliphatic carbocycles. The molecule has 0 N–H and O–H groups in total. The van der Waals surface area contributed by atoms with Crippen molar-refractivity contribution in [3.05, 3.63) is 28.2 Å². The Morgan fingerprint density at radius 3 is 2.32 bits per heavy atom. The number of carbonyl (C=O) groups excluding carboxylic acids is 2. The van der Waals surface area contributed by atoms with Gasteiger partial charge < -0.3 is 9.47 Å². The lowest BCUT2D eigenvalue weighted by molar-refractivity contribution is -0.143. The van der Waals surface area contributed by atoms with Gasteiger partial charge in [0, 0.05) is 18.9 Å². The van der Waals surface area contributed by atoms with Gasteiger partial charge in [-0.15, -0.1) is 0 Å². The zero-order valence-corrected chi connectivity index (χ0v) is 14.1. The van der Waals surface area contributed by atoms with E-state index in [-0.39, 0.29) is 11.9 Å². The van der Waals surface area contributed by atoms with E-state index >= 15 is 0 Å². The highest BCUT2D eigenvalue weighted by molar-refractivity contribution is 6.42. The van der Waals surface area contributed by atoms with Gasteiger partial charge in [0.2, 0.25) is 0 Å². The fraction of sp³-hybridized carbons (Fsp3) is 0.500. The quantitative estimate of drug-likeness (QED) is 0.366. The smallest absolute Gasteiger partial charge is 0.311 e. The molecule has 0 unspecified atom stereocenters. The summed E-state index contributed by atoms with van der Waals surface area (Å²) in [6.45, 7) is 2.42. The maximum atomic E-state index is 11.7. The first kappa shape index (κ1) is 18.8. The van der Waals surface area contributed by atoms with Crippen LogP contribution < -0.4 is 4.74 Å². The minimum Gasteiger partial charge on any atom is -0.466 e. The predicted octanol–water partition coefficient (Wildman–Crippen LogP) is 4.80. The Bertz CT molecular complexity index is 503. The molecule has 0 heterocycles. The number of hydrogen-bond donors (Lipinski definition) is 0. The highest BCUT2D eigenvalue weighted by Crippen LogP contribution is 2.26. The highest BCUT2D eigenvalue weighted by Gasteiger charge is 2.07. The largest absolute Gasteiger partial charge is 0.466 e. The van der Waals surface area contributed by atoms with E-state index in [1.165, 1.54) is 6.07 Å². The van der Waals surface area contributed by atoms with E-state index in [4.69, 9.17) is 32.7 Å². The van der Waals surface area contributed by atoms with Crippen molar-refractivity contribution in [3.8, 4) is 5.75 Å². The summed E-state index contributed by atoms with van der Waals surface area (Å²) in [6, 6.07) is 4.68. The van der Waals surface area contributed by atoms with Crippen LogP contribution in [-0.4, -0.2) is 18.5 Å². The third kappa shape index (κ3) is 7.66. The number of rotatable bonds is 9. The molecule has 0 aliphatic rings. The molecular formula is C16H20Cl2O4. The summed E-state index contributed by atoms with van der Waals surface area (Å²) >= 11 is 11.6. The van der Waals surface area contributed by atoms with Gasteiger partial charge in [-0.3, -0.25) is 9.59 Å². The van der Waals surface area contributed by atoms with E-state index < -0.39 is 0 Å². The van der Waals surface area contributed by atoms with Crippen LogP contribution in [0.4, 0.5) is 0 Å². The van der Waals surface area contributed by atoms with Crippen LogP contribution in [0.15, 0.2) is 18.2 Å². The van der Waals surface area contributed by atoms with Crippen molar-refractivity contribution in [1.82, 2.24) is 0 Å². The van der Waals surface area contributed by atoms with Gasteiger partial charge in [0.05, 0.1) is 16.7 Å². The van der Waals surface area contributed by atoms with Crippen molar-refractivity contribution in [1.29, 1.82) is 0 Å². The number of carbonyl (C=O) groups is 2. The second-order valence-electron chi connectivity index (χ2n) is 4.83. The summed E-state index contributed by atoms with van der Waals surface area (Å²) in [6.07, 6.45) is 3.67. The van der Waals surface area contributed by atoms with Gasteiger partial charge >= 0.3 is 11.9 Å². The molecule has 0 saturated heterocycles. The second-order valence-corrected chi connectivity index (χ2v) is 5.65. The number of hydrogen-bond acceptors (Lipinski definition) is 4. The maximum absolute atomic E-state index is 11.7. The van der Waals surface area contributed by atoms with E-state index in [1.807, 2.05) is 6.92 Å². The Balaban J connectivity index is 2.15. The molecule has 0 atom stereocenters. The van der Waals surface area contributed by atoms with E-state index in [9.17, 15) is 9.59 Å². The lowest BCUT2D eigenvalue weighted by Gasteiger charge is -2.05. The first-order valence-corrected chi connectivity index (χ1v) is 8.10. The van der Waals surface area contributed by atoms with Crippen LogP contribution in [0.1, 0.15) is 45.4 Å². The van der Waals surface area contributed by atoms with E-state index in [2.05, 4.69) is 0 Å². The van der Waals surface area contributed by atoms with E-state index in [0.29, 0.717) is 48.1 Å². The first-order valence-electron chi connectivity index (χ1n) is 7.34. The van der Waals surface area contributed by atoms with Crippen LogP contribution in [0.2, 0.25) is 10.0 Å². The van der Waals surface area contributed by atoms with Crippen LogP contribution in [0.5, 0.6) is 5.75 Å². The van der Waals surface area contributed by atoms with Crippen molar-refractivity contribution >= 4 is 35.1 Å². The van der Waals surface area contributed by atoms with Gasteiger partial charge in [-0.1, -0.05) is 36.5 Å². The SMILES string of the molecule is CCCOC(=O)CCCCCC(=O)Oc1ccc(Cl)c(Cl)c1. The average molecular weight is 347 g/mol. The van der Waals surface area contributed by atoms with E-state index in [1.54, 1.807) is 12.1 Å². The maximum Gasteiger partial charge on any atom is 0.311 e. The van der Waals surface area contributed by atoms with Crippen LogP contribution in [0.25, 0.3) is 0 Å². The molecule has 1 aromatic rings. The Hall–Kier alpha value is -1.26. The molecule has 0 aromatic heterocycles. The predicted molar refractivity (Wildman–Crippen MR) is 86.4 cm³/mol. The molecule has 0 amide bonds. The number of unbranched alkanes of at least 4 members (excludes halogenated alkanes) is 2. The van der Waals surface area contributed by atoms with Crippen LogP contribution in [0.3, 0.4) is 0 Å². The van der Waals surface area contributed by atoms with Gasteiger partial charge in [-0.2, -0.15) is 0 Å². The molecule has 0 aliphatic heterocycles. The van der Waals surface area contributed by atoms with Crippen LogP contribution >= 0.6 is 23.2 Å². The third-order valence-electron chi connectivity index (χ3n) is 2.85. The van der Waals surface area contributed by atoms with Gasteiger partial charge in [0.15, 0.2) is 0 Å². The number of halogens is 2. The van der Waals surface area contributed by atoms with Crippen molar-refractivity contribution in [2.24, 2.45) is 0 Å². The Labute approximate surface area is 140 Å². The highest BCUT2D eigenvalue weighted by atomic mass is 35.5. The number of esters is 2. The Kier molecular flexibility index (Phi) is 8.94. The van der Waals surface area contributed by atoms with Crippen molar-refractivity contribution in [3.63, 3.8) is 0 Å². The lowest BCUT2D eigenvalue weighted by Crippen LogP contribution is -2.08. The average Bonchev–Trinajstić information content (AvgIpc) is 2.48. The fourth-order valence-corrected chi connectivity index (χ4v) is 2.01. The monoisotopic (exact) mass is 346 g/mol. The standard InChI is InChI=1S/C16H20Cl2O4/c1-2-10-21-15(19)6-4-3-5-7-16(20)22-12-8-9-13(17)14(18)11-12/h8-9,11H,2-7,10H2,1H3. The molecular weight excluding hydrogens is 327 g/mol. The van der Waals surface area contributed by atoms with E-state index in [0.717, 1.165) is 12.8 Å². The van der Waals surface area contributed by atoms with Gasteiger partial charge in [0.1, 0.15) is 5.75 Å². The van der Waals surface area contributed by atoms with Crippen molar-refractivity contribution in [2.45, 2.75) is 45.4 Å². The normalized spacial score (nSPS) is 10.3. The number of ether oxygens (including phenoxy) is 2.